The summed E-state index contributed by atoms with van der Waals surface area (Å²) in [6.45, 7) is 7.54. The van der Waals surface area contributed by atoms with Gasteiger partial charge in [0.25, 0.3) is 0 Å². The number of urea groups is 1. The monoisotopic (exact) mass is 299 g/mol. The Hall–Kier alpha value is -1.30. The van der Waals surface area contributed by atoms with Gasteiger partial charge in [-0.1, -0.05) is 13.8 Å². The number of likely N-dealkylation sites (tertiary alicyclic amines) is 1. The second-order valence-corrected chi connectivity index (χ2v) is 7.08. The summed E-state index contributed by atoms with van der Waals surface area (Å²) in [5, 5.41) is 12.3. The fourth-order valence-corrected chi connectivity index (χ4v) is 2.76. The van der Waals surface area contributed by atoms with E-state index in [4.69, 9.17) is 0 Å². The predicted octanol–water partition coefficient (Wildman–Crippen LogP) is 1.47. The topological polar surface area (TPSA) is 72.9 Å². The lowest BCUT2D eigenvalue weighted by molar-refractivity contribution is -0.146. The molecule has 6 nitrogen and oxygen atoms in total. The number of carboxylic acids is 1. The highest BCUT2D eigenvalue weighted by Gasteiger charge is 2.42. The van der Waals surface area contributed by atoms with Crippen molar-refractivity contribution in [3.8, 4) is 0 Å². The van der Waals surface area contributed by atoms with Crippen LogP contribution in [-0.4, -0.2) is 66.7 Å². The minimum atomic E-state index is -0.829. The minimum Gasteiger partial charge on any atom is -0.481 e. The zero-order chi connectivity index (χ0) is 16.2. The predicted molar refractivity (Wildman–Crippen MR) is 82.3 cm³/mol. The van der Waals surface area contributed by atoms with Crippen LogP contribution in [0.25, 0.3) is 0 Å². The molecule has 1 rings (SSSR count). The van der Waals surface area contributed by atoms with Crippen molar-refractivity contribution < 1.29 is 14.7 Å². The van der Waals surface area contributed by atoms with Crippen LogP contribution in [0.5, 0.6) is 0 Å². The summed E-state index contributed by atoms with van der Waals surface area (Å²) in [5.41, 5.74) is -0.813. The molecule has 2 N–H and O–H groups in total. The van der Waals surface area contributed by atoms with Gasteiger partial charge in [0.05, 0.1) is 5.41 Å². The first kappa shape index (κ1) is 17.8. The highest BCUT2D eigenvalue weighted by Crippen LogP contribution is 2.30. The molecule has 122 valence electrons. The van der Waals surface area contributed by atoms with Gasteiger partial charge in [0.15, 0.2) is 0 Å². The van der Waals surface area contributed by atoms with Crippen LogP contribution in [0.2, 0.25) is 0 Å². The van der Waals surface area contributed by atoms with Gasteiger partial charge < -0.3 is 20.2 Å². The number of nitrogens with one attached hydrogen (secondary N) is 1. The number of likely N-dealkylation sites (N-methyl/N-ethyl adjacent to an activating group) is 1. The molecule has 0 aromatic carbocycles. The molecule has 0 aromatic rings. The molecule has 1 fully saturated rings. The molecule has 2 unspecified atom stereocenters. The normalized spacial score (nSPS) is 23.7. The first-order chi connectivity index (χ1) is 9.64. The maximum atomic E-state index is 12.3. The first-order valence-corrected chi connectivity index (χ1v) is 7.57. The molecule has 1 saturated heterocycles. The molecule has 0 bridgehead atoms. The van der Waals surface area contributed by atoms with Crippen LogP contribution in [0.1, 0.15) is 33.6 Å². The molecule has 1 heterocycles. The summed E-state index contributed by atoms with van der Waals surface area (Å²) in [6, 6.07) is -0.0586. The Morgan fingerprint density at radius 3 is 2.43 bits per heavy atom. The van der Waals surface area contributed by atoms with Crippen molar-refractivity contribution in [2.75, 3.05) is 33.7 Å². The quantitative estimate of drug-likeness (QED) is 0.779. The van der Waals surface area contributed by atoms with Crippen LogP contribution in [-0.2, 0) is 4.79 Å². The number of hydrogen-bond donors (Lipinski definition) is 2. The van der Waals surface area contributed by atoms with Gasteiger partial charge in [0.1, 0.15) is 0 Å². The average Bonchev–Trinajstić information content (AvgIpc) is 2.71. The second-order valence-electron chi connectivity index (χ2n) is 7.08. The molecule has 1 aliphatic rings. The molecule has 0 aromatic heterocycles. The number of amides is 2. The van der Waals surface area contributed by atoms with E-state index in [-0.39, 0.29) is 18.6 Å². The zero-order valence-electron chi connectivity index (χ0n) is 13.8. The van der Waals surface area contributed by atoms with Gasteiger partial charge in [0.2, 0.25) is 0 Å². The smallest absolute Gasteiger partial charge is 0.317 e. The van der Waals surface area contributed by atoms with E-state index in [0.29, 0.717) is 18.9 Å². The van der Waals surface area contributed by atoms with E-state index in [1.54, 1.807) is 11.8 Å². The van der Waals surface area contributed by atoms with Crippen LogP contribution >= 0.6 is 0 Å². The van der Waals surface area contributed by atoms with Gasteiger partial charge in [-0.05, 0) is 39.8 Å². The van der Waals surface area contributed by atoms with Gasteiger partial charge in [-0.25, -0.2) is 4.79 Å². The summed E-state index contributed by atoms with van der Waals surface area (Å²) < 4.78 is 0. The molecule has 21 heavy (non-hydrogen) atoms. The zero-order valence-corrected chi connectivity index (χ0v) is 13.8. The standard InChI is InChI=1S/C15H29N3O3/c1-11(2)8-12(9-17(4)5)16-14(21)18-7-6-15(3,10-18)13(19)20/h11-12H,6-10H2,1-5H3,(H,16,21)(H,19,20). The van der Waals surface area contributed by atoms with Gasteiger partial charge >= 0.3 is 12.0 Å². The summed E-state index contributed by atoms with van der Waals surface area (Å²) in [6.07, 6.45) is 1.42. The summed E-state index contributed by atoms with van der Waals surface area (Å²) in [7, 11) is 3.97. The SMILES string of the molecule is CC(C)CC(CN(C)C)NC(=O)N1CCC(C)(C(=O)O)C1. The van der Waals surface area contributed by atoms with E-state index in [1.807, 2.05) is 14.1 Å². The van der Waals surface area contributed by atoms with Crippen LogP contribution in [0, 0.1) is 11.3 Å². The summed E-state index contributed by atoms with van der Waals surface area (Å²) in [4.78, 5) is 27.2. The van der Waals surface area contributed by atoms with Gasteiger partial charge in [-0.3, -0.25) is 4.79 Å². The Bertz CT molecular complexity index is 374. The maximum Gasteiger partial charge on any atom is 0.317 e. The summed E-state index contributed by atoms with van der Waals surface area (Å²) >= 11 is 0. The van der Waals surface area contributed by atoms with Gasteiger partial charge in [0, 0.05) is 25.7 Å². The number of rotatable bonds is 6. The Kier molecular flexibility index (Phi) is 6.01. The van der Waals surface area contributed by atoms with E-state index in [0.717, 1.165) is 13.0 Å². The number of nitrogens with zero attached hydrogens (tertiary/aromatic N) is 2. The molecule has 2 atom stereocenters. The third-order valence-electron chi connectivity index (χ3n) is 3.95. The molecule has 0 radical (unpaired) electrons. The lowest BCUT2D eigenvalue weighted by atomic mass is 9.90. The molecule has 0 spiro atoms. The first-order valence-electron chi connectivity index (χ1n) is 7.57. The summed E-state index contributed by atoms with van der Waals surface area (Å²) in [5.74, 6) is -0.331. The Balaban J connectivity index is 2.60. The molecule has 1 aliphatic heterocycles. The van der Waals surface area contributed by atoms with Crippen molar-refractivity contribution >= 4 is 12.0 Å². The Morgan fingerprint density at radius 1 is 1.38 bits per heavy atom. The minimum absolute atomic E-state index is 0.0872. The maximum absolute atomic E-state index is 12.3. The van der Waals surface area contributed by atoms with Crippen molar-refractivity contribution in [1.82, 2.24) is 15.1 Å². The molecule has 0 saturated carbocycles. The molecule has 0 aliphatic carbocycles. The average molecular weight is 299 g/mol. The van der Waals surface area contributed by atoms with Gasteiger partial charge in [-0.15, -0.1) is 0 Å². The molecular formula is C15H29N3O3. The molecular weight excluding hydrogens is 270 g/mol. The largest absolute Gasteiger partial charge is 0.481 e. The van der Waals surface area contributed by atoms with Crippen molar-refractivity contribution in [3.05, 3.63) is 0 Å². The number of carbonyl (C=O) groups is 2. The Labute approximate surface area is 127 Å². The van der Waals surface area contributed by atoms with Crippen LogP contribution in [0.3, 0.4) is 0 Å². The fraction of sp³-hybridized carbons (Fsp3) is 0.867. The van der Waals surface area contributed by atoms with Crippen molar-refractivity contribution in [1.29, 1.82) is 0 Å². The highest BCUT2D eigenvalue weighted by atomic mass is 16.4. The van der Waals surface area contributed by atoms with E-state index in [1.165, 1.54) is 0 Å². The van der Waals surface area contributed by atoms with Crippen molar-refractivity contribution in [2.45, 2.75) is 39.7 Å². The number of carbonyl (C=O) groups excluding carboxylic acids is 1. The number of carboxylic acid groups (broad SMARTS) is 1. The number of aliphatic carboxylic acids is 1. The van der Waals surface area contributed by atoms with Crippen molar-refractivity contribution in [2.24, 2.45) is 11.3 Å². The Morgan fingerprint density at radius 2 is 2.00 bits per heavy atom. The van der Waals surface area contributed by atoms with Crippen LogP contribution in [0.15, 0.2) is 0 Å². The lowest BCUT2D eigenvalue weighted by Crippen LogP contribution is -2.48. The molecule has 6 heteroatoms. The van der Waals surface area contributed by atoms with E-state index < -0.39 is 11.4 Å². The third-order valence-corrected chi connectivity index (χ3v) is 3.95. The van der Waals surface area contributed by atoms with E-state index in [2.05, 4.69) is 24.1 Å². The fourth-order valence-electron chi connectivity index (χ4n) is 2.76. The second kappa shape index (κ2) is 7.11. The van der Waals surface area contributed by atoms with Crippen LogP contribution < -0.4 is 5.32 Å². The third kappa shape index (κ3) is 5.19. The van der Waals surface area contributed by atoms with E-state index >= 15 is 0 Å². The molecule has 2 amide bonds. The van der Waals surface area contributed by atoms with Gasteiger partial charge in [-0.2, -0.15) is 0 Å². The van der Waals surface area contributed by atoms with E-state index in [9.17, 15) is 14.7 Å². The number of hydrogen-bond acceptors (Lipinski definition) is 3. The van der Waals surface area contributed by atoms with Crippen molar-refractivity contribution in [3.63, 3.8) is 0 Å². The lowest BCUT2D eigenvalue weighted by Gasteiger charge is -2.27. The van der Waals surface area contributed by atoms with Crippen LogP contribution in [0.4, 0.5) is 4.79 Å². The highest BCUT2D eigenvalue weighted by molar-refractivity contribution is 5.79.